The van der Waals surface area contributed by atoms with Crippen LogP contribution in [0.15, 0.2) is 82.5 Å². The molecule has 0 unspecified atom stereocenters. The second-order valence-corrected chi connectivity index (χ2v) is 14.9. The molecule has 0 N–H and O–H groups in total. The highest BCUT2D eigenvalue weighted by Crippen LogP contribution is 2.59. The second kappa shape index (κ2) is 13.4. The lowest BCUT2D eigenvalue weighted by atomic mass is 10.3. The smallest absolute Gasteiger partial charge is 0.346 e. The first-order valence-electron chi connectivity index (χ1n) is 10.6. The molecular formula is C24H17BrO8S6. The molecule has 0 radical (unpaired) electrons. The van der Waals surface area contributed by atoms with Crippen molar-refractivity contribution in [2.45, 2.75) is 9.79 Å². The number of esters is 4. The Kier molecular flexibility index (Phi) is 10.4. The SMILES string of the molecule is COC(=O)C1=C(C(=O)OC)SC(=CC(=C2SC(C(=O)OC)=C(C(=O)OC)S2)C(Br)=C2Sc3ccccc3S2)S1. The van der Waals surface area contributed by atoms with Gasteiger partial charge < -0.3 is 18.9 Å². The van der Waals surface area contributed by atoms with Crippen molar-refractivity contribution in [3.05, 3.63) is 72.7 Å². The van der Waals surface area contributed by atoms with E-state index in [4.69, 9.17) is 18.9 Å². The third-order valence-electron chi connectivity index (χ3n) is 4.84. The van der Waals surface area contributed by atoms with Gasteiger partial charge in [-0.1, -0.05) is 82.7 Å². The van der Waals surface area contributed by atoms with Crippen molar-refractivity contribution < 1.29 is 38.1 Å². The second-order valence-electron chi connectivity index (χ2n) is 7.11. The first-order chi connectivity index (χ1) is 18.7. The van der Waals surface area contributed by atoms with Gasteiger partial charge >= 0.3 is 23.9 Å². The van der Waals surface area contributed by atoms with Gasteiger partial charge in [0, 0.05) is 19.8 Å². The zero-order valence-corrected chi connectivity index (χ0v) is 27.0. The number of fused-ring (bicyclic) bond motifs is 1. The summed E-state index contributed by atoms with van der Waals surface area (Å²) in [6.45, 7) is 0. The molecule has 4 rings (SSSR count). The summed E-state index contributed by atoms with van der Waals surface area (Å²) >= 11 is 11.2. The van der Waals surface area contributed by atoms with Gasteiger partial charge in [0.25, 0.3) is 0 Å². The van der Waals surface area contributed by atoms with E-state index >= 15 is 0 Å². The van der Waals surface area contributed by atoms with Gasteiger partial charge in [-0.3, -0.25) is 0 Å². The normalized spacial score (nSPS) is 16.3. The van der Waals surface area contributed by atoms with Crippen LogP contribution in [0.5, 0.6) is 0 Å². The fraction of sp³-hybridized carbons (Fsp3) is 0.167. The molecule has 1 aromatic rings. The van der Waals surface area contributed by atoms with Crippen molar-refractivity contribution in [2.24, 2.45) is 0 Å². The molecule has 0 saturated carbocycles. The number of ether oxygens (including phenoxy) is 4. The van der Waals surface area contributed by atoms with E-state index < -0.39 is 23.9 Å². The van der Waals surface area contributed by atoms with Crippen LogP contribution in [0.25, 0.3) is 0 Å². The van der Waals surface area contributed by atoms with Crippen LogP contribution in [-0.4, -0.2) is 52.3 Å². The molecule has 0 bridgehead atoms. The highest BCUT2D eigenvalue weighted by Gasteiger charge is 2.36. The molecule has 0 saturated heterocycles. The predicted octanol–water partition coefficient (Wildman–Crippen LogP) is 6.58. The van der Waals surface area contributed by atoms with Crippen molar-refractivity contribution >= 4 is 110 Å². The molecule has 3 aliphatic heterocycles. The maximum atomic E-state index is 12.5. The molecule has 0 fully saturated rings. The maximum Gasteiger partial charge on any atom is 0.346 e. The summed E-state index contributed by atoms with van der Waals surface area (Å²) in [5.41, 5.74) is 0.637. The van der Waals surface area contributed by atoms with Gasteiger partial charge in [0.05, 0.1) is 41.2 Å². The molecule has 0 atom stereocenters. The van der Waals surface area contributed by atoms with E-state index in [-0.39, 0.29) is 19.6 Å². The van der Waals surface area contributed by atoms with Crippen molar-refractivity contribution in [2.75, 3.05) is 28.4 Å². The van der Waals surface area contributed by atoms with Gasteiger partial charge in [-0.25, -0.2) is 19.2 Å². The lowest BCUT2D eigenvalue weighted by Gasteiger charge is -2.10. The number of carbonyl (C=O) groups excluding carboxylic acids is 4. The number of hydrogen-bond acceptors (Lipinski definition) is 14. The minimum Gasteiger partial charge on any atom is -0.465 e. The molecule has 0 spiro atoms. The predicted molar refractivity (Wildman–Crippen MR) is 162 cm³/mol. The maximum absolute atomic E-state index is 12.5. The Morgan fingerprint density at radius 2 is 1.00 bits per heavy atom. The molecule has 0 aromatic heterocycles. The van der Waals surface area contributed by atoms with E-state index in [1.54, 1.807) is 29.6 Å². The number of benzene rings is 1. The number of rotatable bonds is 6. The number of thioether (sulfide) groups is 6. The van der Waals surface area contributed by atoms with E-state index in [1.807, 2.05) is 24.3 Å². The Hall–Kier alpha value is -1.62. The van der Waals surface area contributed by atoms with Gasteiger partial charge in [-0.05, 0) is 34.1 Å². The van der Waals surface area contributed by atoms with Crippen LogP contribution in [0.3, 0.4) is 0 Å². The molecular weight excluding hydrogens is 689 g/mol. The minimum absolute atomic E-state index is 0.107. The first-order valence-corrected chi connectivity index (χ1v) is 16.3. The monoisotopic (exact) mass is 704 g/mol. The highest BCUT2D eigenvalue weighted by atomic mass is 79.9. The largest absolute Gasteiger partial charge is 0.465 e. The van der Waals surface area contributed by atoms with Crippen LogP contribution in [0.4, 0.5) is 0 Å². The van der Waals surface area contributed by atoms with E-state index in [9.17, 15) is 19.2 Å². The number of allylic oxidation sites excluding steroid dienone is 3. The summed E-state index contributed by atoms with van der Waals surface area (Å²) < 4.78 is 22.4. The summed E-state index contributed by atoms with van der Waals surface area (Å²) in [7, 11) is 4.94. The van der Waals surface area contributed by atoms with Crippen LogP contribution in [-0.2, 0) is 38.1 Å². The van der Waals surface area contributed by atoms with Crippen molar-refractivity contribution in [1.82, 2.24) is 0 Å². The summed E-state index contributed by atoms with van der Waals surface area (Å²) in [6.07, 6.45) is 1.79. The van der Waals surface area contributed by atoms with Crippen molar-refractivity contribution in [3.63, 3.8) is 0 Å². The zero-order valence-electron chi connectivity index (χ0n) is 20.5. The Labute approximate surface area is 257 Å². The van der Waals surface area contributed by atoms with Gasteiger partial charge in [-0.2, -0.15) is 0 Å². The zero-order chi connectivity index (χ0) is 28.3. The third-order valence-corrected chi connectivity index (χ3v) is 13.8. The quantitative estimate of drug-likeness (QED) is 0.235. The van der Waals surface area contributed by atoms with Gasteiger partial charge in [0.1, 0.15) is 19.6 Å². The lowest BCUT2D eigenvalue weighted by Crippen LogP contribution is -2.08. The summed E-state index contributed by atoms with van der Waals surface area (Å²) in [4.78, 5) is 52.5. The Bertz CT molecular complexity index is 1350. The van der Waals surface area contributed by atoms with Crippen LogP contribution in [0.1, 0.15) is 0 Å². The Morgan fingerprint density at radius 3 is 1.38 bits per heavy atom. The van der Waals surface area contributed by atoms with E-state index in [2.05, 4.69) is 15.9 Å². The fourth-order valence-electron chi connectivity index (χ4n) is 3.06. The van der Waals surface area contributed by atoms with Crippen molar-refractivity contribution in [3.8, 4) is 0 Å². The van der Waals surface area contributed by atoms with Crippen LogP contribution < -0.4 is 0 Å². The minimum atomic E-state index is -0.664. The number of methoxy groups -OCH3 is 4. The number of carbonyl (C=O) groups is 4. The summed E-state index contributed by atoms with van der Waals surface area (Å²) in [5.74, 6) is -2.65. The molecule has 0 aliphatic carbocycles. The lowest BCUT2D eigenvalue weighted by molar-refractivity contribution is -0.138. The van der Waals surface area contributed by atoms with Crippen molar-refractivity contribution in [1.29, 1.82) is 0 Å². The van der Waals surface area contributed by atoms with Gasteiger partial charge in [-0.15, -0.1) is 0 Å². The van der Waals surface area contributed by atoms with Gasteiger partial charge in [0.2, 0.25) is 0 Å². The van der Waals surface area contributed by atoms with Crippen LogP contribution >= 0.6 is 86.5 Å². The molecule has 39 heavy (non-hydrogen) atoms. The number of hydrogen-bond donors (Lipinski definition) is 0. The van der Waals surface area contributed by atoms with E-state index in [0.29, 0.717) is 18.5 Å². The molecule has 15 heteroatoms. The van der Waals surface area contributed by atoms with Crippen LogP contribution in [0.2, 0.25) is 0 Å². The molecule has 204 valence electrons. The third kappa shape index (κ3) is 6.49. The molecule has 1 aromatic carbocycles. The van der Waals surface area contributed by atoms with E-state index in [0.717, 1.165) is 61.1 Å². The average Bonchev–Trinajstić information content (AvgIpc) is 3.70. The fourth-order valence-corrected chi connectivity index (χ4v) is 11.4. The molecule has 8 nitrogen and oxygen atoms in total. The molecule has 3 heterocycles. The number of halogens is 1. The highest BCUT2D eigenvalue weighted by molar-refractivity contribution is 9.12. The topological polar surface area (TPSA) is 105 Å². The molecule has 3 aliphatic rings. The Balaban J connectivity index is 1.81. The van der Waals surface area contributed by atoms with E-state index in [1.165, 1.54) is 28.4 Å². The standard InChI is InChI=1S/C24H17BrO8S6/c1-30-19(26)15-16(20(27)31-2)37-13(36-15)9-10(14(25)24-34-11-7-5-6-8-12(11)35-24)23-38-17(21(28)32-3)18(39-23)22(29)33-4/h5-9H,1-4H3. The summed E-state index contributed by atoms with van der Waals surface area (Å²) in [6, 6.07) is 7.97. The molecule has 0 amide bonds. The summed E-state index contributed by atoms with van der Waals surface area (Å²) in [5, 5.41) is 0. The Morgan fingerprint density at radius 1 is 0.615 bits per heavy atom. The van der Waals surface area contributed by atoms with Crippen LogP contribution in [0, 0.1) is 0 Å². The first kappa shape index (κ1) is 30.3. The average molecular weight is 706 g/mol. The van der Waals surface area contributed by atoms with Gasteiger partial charge in [0.15, 0.2) is 0 Å².